The molecule has 0 aliphatic carbocycles. The van der Waals surface area contributed by atoms with Gasteiger partial charge in [0, 0.05) is 6.07 Å². The number of hydrogen-bond donors (Lipinski definition) is 0. The van der Waals surface area contributed by atoms with Crippen LogP contribution >= 0.6 is 0 Å². The number of alkyl halides is 5. The van der Waals surface area contributed by atoms with Crippen LogP contribution in [-0.2, 0) is 6.18 Å². The molecule has 0 N–H and O–H groups in total. The predicted molar refractivity (Wildman–Crippen MR) is 38.9 cm³/mol. The lowest BCUT2D eigenvalue weighted by Crippen LogP contribution is -2.12. The first-order valence-electron chi connectivity index (χ1n) is 3.73. The number of pyridine rings is 1. The molecule has 1 aromatic heterocycles. The quantitative estimate of drug-likeness (QED) is 0.707. The Morgan fingerprint density at radius 2 is 1.88 bits per heavy atom. The first-order chi connectivity index (χ1) is 7.27. The Morgan fingerprint density at radius 3 is 2.25 bits per heavy atom. The van der Waals surface area contributed by atoms with Gasteiger partial charge in [0.1, 0.15) is 28.8 Å². The highest BCUT2D eigenvalue weighted by Gasteiger charge is 2.35. The fourth-order valence-corrected chi connectivity index (χ4v) is 0.946. The second kappa shape index (κ2) is 4.00. The second-order valence-electron chi connectivity index (χ2n) is 2.66. The van der Waals surface area contributed by atoms with Gasteiger partial charge in [-0.3, -0.25) is 0 Å². The lowest BCUT2D eigenvalue weighted by Gasteiger charge is -2.09. The van der Waals surface area contributed by atoms with E-state index in [1.807, 2.05) is 0 Å². The first kappa shape index (κ1) is 12.3. The van der Waals surface area contributed by atoms with Gasteiger partial charge in [-0.2, -0.15) is 18.4 Å². The normalized spacial score (nSPS) is 11.6. The van der Waals surface area contributed by atoms with Gasteiger partial charge in [-0.1, -0.05) is 0 Å². The molecule has 8 heteroatoms. The molecule has 0 spiro atoms. The van der Waals surface area contributed by atoms with Crippen LogP contribution in [0, 0.1) is 17.1 Å². The monoisotopic (exact) mass is 240 g/mol. The summed E-state index contributed by atoms with van der Waals surface area (Å²) in [5.74, 6) is -1.67. The summed E-state index contributed by atoms with van der Waals surface area (Å²) in [6.07, 6.45) is -8.50. The largest absolute Gasteiger partial charge is 0.433 e. The number of nitriles is 1. The van der Waals surface area contributed by atoms with Crippen molar-refractivity contribution in [2.45, 2.75) is 12.6 Å². The van der Waals surface area contributed by atoms with E-state index in [1.165, 1.54) is 0 Å². The molecule has 2 nitrogen and oxygen atoms in total. The Bertz CT molecular complexity index is 445. The summed E-state index contributed by atoms with van der Waals surface area (Å²) in [4.78, 5) is 2.54. The molecule has 86 valence electrons. The average Bonchev–Trinajstić information content (AvgIpc) is 2.14. The highest BCUT2D eigenvalue weighted by Crippen LogP contribution is 2.31. The van der Waals surface area contributed by atoms with Crippen molar-refractivity contribution >= 4 is 0 Å². The molecule has 1 aromatic rings. The molecule has 0 saturated heterocycles. The zero-order valence-electron chi connectivity index (χ0n) is 7.32. The number of aromatic nitrogens is 1. The van der Waals surface area contributed by atoms with Gasteiger partial charge in [-0.25, -0.2) is 18.2 Å². The molecule has 0 atom stereocenters. The molecule has 0 unspecified atom stereocenters. The van der Waals surface area contributed by atoms with E-state index in [0.717, 1.165) is 6.07 Å². The van der Waals surface area contributed by atoms with E-state index in [-0.39, 0.29) is 6.07 Å². The van der Waals surface area contributed by atoms with Crippen molar-refractivity contribution < 1.29 is 26.3 Å². The van der Waals surface area contributed by atoms with E-state index in [1.54, 1.807) is 0 Å². The van der Waals surface area contributed by atoms with Crippen molar-refractivity contribution in [3.63, 3.8) is 0 Å². The molecule has 0 amide bonds. The summed E-state index contributed by atoms with van der Waals surface area (Å²) < 4.78 is 73.6. The van der Waals surface area contributed by atoms with Crippen molar-refractivity contribution in [1.82, 2.24) is 4.98 Å². The van der Waals surface area contributed by atoms with Crippen molar-refractivity contribution in [2.24, 2.45) is 0 Å². The maximum Gasteiger partial charge on any atom is 0.433 e. The molecular weight excluding hydrogens is 238 g/mol. The Kier molecular flexibility index (Phi) is 3.07. The molecule has 1 heterocycles. The van der Waals surface area contributed by atoms with Crippen LogP contribution in [-0.4, -0.2) is 4.98 Å². The van der Waals surface area contributed by atoms with Gasteiger partial charge in [0.05, 0.1) is 0 Å². The summed E-state index contributed by atoms with van der Waals surface area (Å²) in [6, 6.07) is 0.946. The van der Waals surface area contributed by atoms with Crippen LogP contribution in [0.15, 0.2) is 6.07 Å². The minimum atomic E-state index is -5.04. The fourth-order valence-electron chi connectivity index (χ4n) is 0.946. The van der Waals surface area contributed by atoms with E-state index >= 15 is 0 Å². The topological polar surface area (TPSA) is 36.7 Å². The highest BCUT2D eigenvalue weighted by atomic mass is 19.4. The van der Waals surface area contributed by atoms with E-state index < -0.39 is 35.4 Å². The standard InChI is InChI=1S/C8H2F6N2/c9-4-1-5(8(12,13)14)16-6(7(10)11)3(4)2-15/h1,7H. The third-order valence-electron chi connectivity index (χ3n) is 1.61. The van der Waals surface area contributed by atoms with Gasteiger partial charge in [-0.05, 0) is 0 Å². The third kappa shape index (κ3) is 2.24. The van der Waals surface area contributed by atoms with E-state index in [9.17, 15) is 26.3 Å². The number of hydrogen-bond acceptors (Lipinski definition) is 2. The van der Waals surface area contributed by atoms with Crippen LogP contribution in [0.5, 0.6) is 0 Å². The zero-order valence-corrected chi connectivity index (χ0v) is 7.32. The summed E-state index contributed by atoms with van der Waals surface area (Å²) >= 11 is 0. The smallest absolute Gasteiger partial charge is 0.241 e. The molecule has 0 aliphatic heterocycles. The summed E-state index contributed by atoms with van der Waals surface area (Å²) in [6.45, 7) is 0. The summed E-state index contributed by atoms with van der Waals surface area (Å²) in [5, 5.41) is 8.30. The minimum Gasteiger partial charge on any atom is -0.241 e. The van der Waals surface area contributed by atoms with Gasteiger partial charge < -0.3 is 0 Å². The Labute approximate surface area is 85.1 Å². The maximum absolute atomic E-state index is 12.9. The van der Waals surface area contributed by atoms with Crippen molar-refractivity contribution in [1.29, 1.82) is 5.26 Å². The molecule has 16 heavy (non-hydrogen) atoms. The van der Waals surface area contributed by atoms with Gasteiger partial charge in [0.2, 0.25) is 0 Å². The van der Waals surface area contributed by atoms with Crippen LogP contribution in [0.1, 0.15) is 23.4 Å². The molecular formula is C8H2F6N2. The maximum atomic E-state index is 12.9. The van der Waals surface area contributed by atoms with E-state index in [4.69, 9.17) is 5.26 Å². The lowest BCUT2D eigenvalue weighted by molar-refractivity contribution is -0.141. The van der Waals surface area contributed by atoms with Crippen LogP contribution in [0.25, 0.3) is 0 Å². The van der Waals surface area contributed by atoms with Crippen molar-refractivity contribution in [2.75, 3.05) is 0 Å². The van der Waals surface area contributed by atoms with Gasteiger partial charge >= 0.3 is 6.18 Å². The number of halogens is 6. The van der Waals surface area contributed by atoms with Crippen LogP contribution in [0.3, 0.4) is 0 Å². The van der Waals surface area contributed by atoms with Gasteiger partial charge in [0.25, 0.3) is 6.43 Å². The third-order valence-corrected chi connectivity index (χ3v) is 1.61. The Balaban J connectivity index is 3.48. The highest BCUT2D eigenvalue weighted by molar-refractivity contribution is 5.37. The van der Waals surface area contributed by atoms with Crippen molar-refractivity contribution in [3.8, 4) is 6.07 Å². The van der Waals surface area contributed by atoms with Crippen molar-refractivity contribution in [3.05, 3.63) is 28.8 Å². The average molecular weight is 240 g/mol. The molecule has 0 fully saturated rings. The minimum absolute atomic E-state index is 0.0928. The van der Waals surface area contributed by atoms with E-state index in [2.05, 4.69) is 4.98 Å². The second-order valence-corrected chi connectivity index (χ2v) is 2.66. The van der Waals surface area contributed by atoms with Crippen LogP contribution in [0.2, 0.25) is 0 Å². The SMILES string of the molecule is N#Cc1c(F)cc(C(F)(F)F)nc1C(F)F. The Hall–Kier alpha value is -1.78. The lowest BCUT2D eigenvalue weighted by atomic mass is 10.1. The fraction of sp³-hybridized carbons (Fsp3) is 0.250. The first-order valence-corrected chi connectivity index (χ1v) is 3.73. The zero-order chi connectivity index (χ0) is 12.5. The van der Waals surface area contributed by atoms with Gasteiger partial charge in [-0.15, -0.1) is 0 Å². The molecule has 0 aliphatic rings. The molecule has 0 aromatic carbocycles. The van der Waals surface area contributed by atoms with E-state index in [0.29, 0.717) is 0 Å². The molecule has 0 saturated carbocycles. The summed E-state index contributed by atoms with van der Waals surface area (Å²) in [5.41, 5.74) is -4.47. The molecule has 0 bridgehead atoms. The Morgan fingerprint density at radius 1 is 1.31 bits per heavy atom. The summed E-state index contributed by atoms with van der Waals surface area (Å²) in [7, 11) is 0. The van der Waals surface area contributed by atoms with Crippen LogP contribution < -0.4 is 0 Å². The van der Waals surface area contributed by atoms with Gasteiger partial charge in [0.15, 0.2) is 0 Å². The molecule has 1 rings (SSSR count). The molecule has 0 radical (unpaired) electrons. The van der Waals surface area contributed by atoms with Crippen LogP contribution in [0.4, 0.5) is 26.3 Å². The number of nitrogens with zero attached hydrogens (tertiary/aromatic N) is 2. The number of rotatable bonds is 1. The predicted octanol–water partition coefficient (Wildman–Crippen LogP) is 3.05.